The Morgan fingerprint density at radius 1 is 1.41 bits per heavy atom. The summed E-state index contributed by atoms with van der Waals surface area (Å²) in [7, 11) is -2.11. The zero-order valence-corrected chi connectivity index (χ0v) is 11.2. The summed E-state index contributed by atoms with van der Waals surface area (Å²) in [5, 5.41) is 8.98. The van der Waals surface area contributed by atoms with Crippen molar-refractivity contribution in [1.29, 1.82) is 0 Å². The first-order chi connectivity index (χ1) is 7.75. The Morgan fingerprint density at radius 3 is 2.47 bits per heavy atom. The molecule has 0 amide bonds. The third-order valence-electron chi connectivity index (χ3n) is 3.24. The van der Waals surface area contributed by atoms with Gasteiger partial charge < -0.3 is 5.11 Å². The van der Waals surface area contributed by atoms with E-state index in [1.165, 1.54) is 11.4 Å². The van der Waals surface area contributed by atoms with Crippen LogP contribution in [0, 0.1) is 5.92 Å². The van der Waals surface area contributed by atoms with E-state index in [0.717, 1.165) is 6.42 Å². The molecule has 0 aliphatic heterocycles. The van der Waals surface area contributed by atoms with Crippen LogP contribution in [0.5, 0.6) is 0 Å². The van der Waals surface area contributed by atoms with E-state index in [-0.39, 0.29) is 6.04 Å². The molecule has 100 valence electrons. The third kappa shape index (κ3) is 3.40. The van der Waals surface area contributed by atoms with Crippen molar-refractivity contribution in [3.05, 3.63) is 0 Å². The van der Waals surface area contributed by atoms with Gasteiger partial charge in [-0.25, -0.2) is 0 Å². The van der Waals surface area contributed by atoms with Crippen molar-refractivity contribution in [2.75, 3.05) is 7.05 Å². The first-order valence-corrected chi connectivity index (χ1v) is 7.18. The quantitative estimate of drug-likeness (QED) is 0.753. The minimum atomic E-state index is -3.59. The van der Waals surface area contributed by atoms with Gasteiger partial charge in [0.05, 0.1) is 5.92 Å². The molecule has 1 aliphatic rings. The van der Waals surface area contributed by atoms with E-state index in [2.05, 4.69) is 4.72 Å². The average Bonchev–Trinajstić information content (AvgIpc) is 2.63. The number of carboxylic acids is 1. The van der Waals surface area contributed by atoms with E-state index in [9.17, 15) is 13.2 Å². The maximum absolute atomic E-state index is 11.9. The van der Waals surface area contributed by atoms with Crippen LogP contribution < -0.4 is 4.72 Å². The predicted octanol–water partition coefficient (Wildman–Crippen LogP) is 0.414. The average molecular weight is 264 g/mol. The third-order valence-corrected chi connectivity index (χ3v) is 5.02. The molecular formula is C10H20N2O4S. The van der Waals surface area contributed by atoms with Gasteiger partial charge in [-0.3, -0.25) is 4.79 Å². The van der Waals surface area contributed by atoms with Gasteiger partial charge in [0.1, 0.15) is 0 Å². The molecular weight excluding hydrogens is 244 g/mol. The van der Waals surface area contributed by atoms with Gasteiger partial charge in [0.2, 0.25) is 0 Å². The van der Waals surface area contributed by atoms with Crippen molar-refractivity contribution >= 4 is 16.2 Å². The van der Waals surface area contributed by atoms with E-state index in [1.807, 2.05) is 0 Å². The van der Waals surface area contributed by atoms with Gasteiger partial charge in [-0.15, -0.1) is 0 Å². The Morgan fingerprint density at radius 2 is 2.00 bits per heavy atom. The Labute approximate surface area is 102 Å². The van der Waals surface area contributed by atoms with Crippen molar-refractivity contribution in [3.63, 3.8) is 0 Å². The zero-order chi connectivity index (χ0) is 13.2. The number of carbonyl (C=O) groups is 1. The minimum absolute atomic E-state index is 0.155. The van der Waals surface area contributed by atoms with Crippen LogP contribution in [0.25, 0.3) is 0 Å². The van der Waals surface area contributed by atoms with Gasteiger partial charge in [0, 0.05) is 19.1 Å². The summed E-state index contributed by atoms with van der Waals surface area (Å²) in [5.74, 6) is -1.53. The second-order valence-corrected chi connectivity index (χ2v) is 6.48. The molecule has 6 nitrogen and oxygen atoms in total. The van der Waals surface area contributed by atoms with Gasteiger partial charge in [-0.2, -0.15) is 17.4 Å². The Hall–Kier alpha value is -0.660. The summed E-state index contributed by atoms with van der Waals surface area (Å²) in [4.78, 5) is 11.0. The molecule has 0 bridgehead atoms. The van der Waals surface area contributed by atoms with Gasteiger partial charge in [-0.05, 0) is 26.7 Å². The number of hydrogen-bond acceptors (Lipinski definition) is 3. The van der Waals surface area contributed by atoms with Crippen LogP contribution >= 0.6 is 0 Å². The second kappa shape index (κ2) is 5.32. The van der Waals surface area contributed by atoms with Crippen LogP contribution in [0.3, 0.4) is 0 Å². The number of carboxylic acid groups (broad SMARTS) is 1. The highest BCUT2D eigenvalue weighted by Crippen LogP contribution is 2.26. The SMILES string of the molecule is CC(C)N(C)S(=O)(=O)NC1CCCC1C(=O)O. The Kier molecular flexibility index (Phi) is 4.51. The van der Waals surface area contributed by atoms with Gasteiger partial charge in [0.25, 0.3) is 10.2 Å². The molecule has 17 heavy (non-hydrogen) atoms. The summed E-state index contributed by atoms with van der Waals surface area (Å²) < 4.78 is 27.5. The van der Waals surface area contributed by atoms with E-state index in [1.54, 1.807) is 13.8 Å². The Balaban J connectivity index is 2.74. The molecule has 2 unspecified atom stereocenters. The lowest BCUT2D eigenvalue weighted by Gasteiger charge is -2.25. The number of rotatable bonds is 5. The molecule has 7 heteroatoms. The molecule has 0 aromatic heterocycles. The lowest BCUT2D eigenvalue weighted by atomic mass is 10.1. The Bertz CT molecular complexity index is 380. The fraction of sp³-hybridized carbons (Fsp3) is 0.900. The van der Waals surface area contributed by atoms with Gasteiger partial charge in [0.15, 0.2) is 0 Å². The highest BCUT2D eigenvalue weighted by atomic mass is 32.2. The summed E-state index contributed by atoms with van der Waals surface area (Å²) >= 11 is 0. The summed E-state index contributed by atoms with van der Waals surface area (Å²) in [6, 6.07) is -0.643. The summed E-state index contributed by atoms with van der Waals surface area (Å²) in [6.07, 6.45) is 1.87. The van der Waals surface area contributed by atoms with Gasteiger partial charge >= 0.3 is 5.97 Å². The van der Waals surface area contributed by atoms with Gasteiger partial charge in [-0.1, -0.05) is 6.42 Å². The molecule has 1 fully saturated rings. The maximum Gasteiger partial charge on any atom is 0.308 e. The largest absolute Gasteiger partial charge is 0.481 e. The molecule has 2 N–H and O–H groups in total. The standard InChI is InChI=1S/C10H20N2O4S/c1-7(2)12(3)17(15,16)11-9-6-4-5-8(9)10(13)14/h7-9,11H,4-6H2,1-3H3,(H,13,14). The smallest absolute Gasteiger partial charge is 0.308 e. The summed E-state index contributed by atoms with van der Waals surface area (Å²) in [5.41, 5.74) is 0. The van der Waals surface area contributed by atoms with E-state index in [0.29, 0.717) is 12.8 Å². The molecule has 0 heterocycles. The van der Waals surface area contributed by atoms with Crippen LogP contribution in [0.2, 0.25) is 0 Å². The van der Waals surface area contributed by atoms with Crippen molar-refractivity contribution < 1.29 is 18.3 Å². The first-order valence-electron chi connectivity index (χ1n) is 5.74. The molecule has 2 atom stereocenters. The fourth-order valence-electron chi connectivity index (χ4n) is 1.95. The van der Waals surface area contributed by atoms with E-state index < -0.39 is 28.1 Å². The monoisotopic (exact) mass is 264 g/mol. The first kappa shape index (κ1) is 14.4. The predicted molar refractivity (Wildman–Crippen MR) is 63.7 cm³/mol. The van der Waals surface area contributed by atoms with E-state index >= 15 is 0 Å². The lowest BCUT2D eigenvalue weighted by molar-refractivity contribution is -0.141. The maximum atomic E-state index is 11.9. The summed E-state index contributed by atoms with van der Waals surface area (Å²) in [6.45, 7) is 3.53. The highest BCUT2D eigenvalue weighted by molar-refractivity contribution is 7.87. The topological polar surface area (TPSA) is 86.7 Å². The molecule has 0 aromatic carbocycles. The lowest BCUT2D eigenvalue weighted by Crippen LogP contribution is -2.48. The molecule has 0 aromatic rings. The second-order valence-electron chi connectivity index (χ2n) is 4.71. The number of aliphatic carboxylic acids is 1. The van der Waals surface area contributed by atoms with Crippen molar-refractivity contribution in [3.8, 4) is 0 Å². The van der Waals surface area contributed by atoms with Crippen LogP contribution in [-0.2, 0) is 15.0 Å². The number of hydrogen-bond donors (Lipinski definition) is 2. The fourth-order valence-corrected chi connectivity index (χ4v) is 3.33. The van der Waals surface area contributed by atoms with Crippen LogP contribution in [0.1, 0.15) is 33.1 Å². The zero-order valence-electron chi connectivity index (χ0n) is 10.4. The molecule has 1 rings (SSSR count). The molecule has 0 radical (unpaired) electrons. The van der Waals surface area contributed by atoms with Crippen molar-refractivity contribution in [2.45, 2.75) is 45.2 Å². The van der Waals surface area contributed by atoms with Crippen molar-refractivity contribution in [2.24, 2.45) is 5.92 Å². The molecule has 1 saturated carbocycles. The highest BCUT2D eigenvalue weighted by Gasteiger charge is 2.36. The molecule has 1 aliphatic carbocycles. The van der Waals surface area contributed by atoms with Crippen LogP contribution in [0.4, 0.5) is 0 Å². The molecule has 0 spiro atoms. The van der Waals surface area contributed by atoms with E-state index in [4.69, 9.17) is 5.11 Å². The van der Waals surface area contributed by atoms with Crippen LogP contribution in [-0.4, -0.2) is 42.9 Å². The van der Waals surface area contributed by atoms with Crippen molar-refractivity contribution in [1.82, 2.24) is 9.03 Å². The molecule has 0 saturated heterocycles. The number of nitrogens with zero attached hydrogens (tertiary/aromatic N) is 1. The normalized spacial score (nSPS) is 25.7. The van der Waals surface area contributed by atoms with Crippen LogP contribution in [0.15, 0.2) is 0 Å². The minimum Gasteiger partial charge on any atom is -0.481 e. The number of nitrogens with one attached hydrogen (secondary N) is 1.